The van der Waals surface area contributed by atoms with Gasteiger partial charge in [-0.2, -0.15) is 0 Å². The van der Waals surface area contributed by atoms with Crippen LogP contribution in [0.25, 0.3) is 16.8 Å². The normalized spacial score (nSPS) is 10.2. The van der Waals surface area contributed by atoms with Gasteiger partial charge in [0, 0.05) is 0 Å². The first-order valence-corrected chi connectivity index (χ1v) is 4.43. The monoisotopic (exact) mass is 168 g/mol. The zero-order valence-corrected chi connectivity index (χ0v) is 7.75. The van der Waals surface area contributed by atoms with Crippen LogP contribution in [-0.2, 0) is 0 Å². The van der Waals surface area contributed by atoms with Gasteiger partial charge in [-0.25, -0.2) is 0 Å². The summed E-state index contributed by atoms with van der Waals surface area (Å²) in [5.74, 6) is 0. The third-order valence-corrected chi connectivity index (χ3v) is 2.29. The summed E-state index contributed by atoms with van der Waals surface area (Å²) >= 11 is 0. The van der Waals surface area contributed by atoms with Crippen LogP contribution in [0, 0.1) is 6.92 Å². The van der Waals surface area contributed by atoms with Crippen LogP contribution < -0.4 is 0 Å². The van der Waals surface area contributed by atoms with E-state index >= 15 is 0 Å². The molecular weight excluding hydrogens is 156 g/mol. The molecule has 0 heterocycles. The van der Waals surface area contributed by atoms with Crippen LogP contribution >= 0.6 is 0 Å². The second kappa shape index (κ2) is 3.06. The number of hydrogen-bond acceptors (Lipinski definition) is 0. The van der Waals surface area contributed by atoms with Gasteiger partial charge in [0.25, 0.3) is 0 Å². The lowest BCUT2D eigenvalue weighted by Crippen LogP contribution is -1.78. The van der Waals surface area contributed by atoms with E-state index in [-0.39, 0.29) is 0 Å². The van der Waals surface area contributed by atoms with Crippen molar-refractivity contribution in [3.8, 4) is 0 Å². The van der Waals surface area contributed by atoms with Crippen molar-refractivity contribution in [1.29, 1.82) is 0 Å². The molecule has 0 bridgehead atoms. The molecule has 0 aliphatic heterocycles. The number of fused-ring (bicyclic) bond motifs is 1. The lowest BCUT2D eigenvalue weighted by Gasteiger charge is -2.02. The number of aryl methyl sites for hydroxylation is 1. The van der Waals surface area contributed by atoms with E-state index in [0.717, 1.165) is 0 Å². The maximum Gasteiger partial charge on any atom is -0.0111 e. The minimum absolute atomic E-state index is 1.21. The Morgan fingerprint density at radius 2 is 2.00 bits per heavy atom. The van der Waals surface area contributed by atoms with E-state index in [9.17, 15) is 0 Å². The first kappa shape index (κ1) is 8.06. The lowest BCUT2D eigenvalue weighted by molar-refractivity contribution is 1.50. The average molecular weight is 168 g/mol. The van der Waals surface area contributed by atoms with Crippen molar-refractivity contribution in [2.45, 2.75) is 6.92 Å². The molecule has 0 aliphatic rings. The second-order valence-electron chi connectivity index (χ2n) is 3.28. The molecule has 0 amide bonds. The standard InChI is InChI=1S/C13H12/c1-3-11-5-4-6-12-9-10(2)7-8-13(11)12/h3-9H,1H2,2H3. The quantitative estimate of drug-likeness (QED) is 0.607. The zero-order valence-electron chi connectivity index (χ0n) is 7.75. The maximum atomic E-state index is 3.80. The van der Waals surface area contributed by atoms with E-state index in [1.54, 1.807) is 0 Å². The Labute approximate surface area is 78.5 Å². The fourth-order valence-electron chi connectivity index (χ4n) is 1.61. The van der Waals surface area contributed by atoms with Gasteiger partial charge in [0.05, 0.1) is 0 Å². The molecule has 13 heavy (non-hydrogen) atoms. The molecule has 0 radical (unpaired) electrons. The molecule has 2 aromatic carbocycles. The van der Waals surface area contributed by atoms with Crippen molar-refractivity contribution in [1.82, 2.24) is 0 Å². The van der Waals surface area contributed by atoms with E-state index in [4.69, 9.17) is 0 Å². The summed E-state index contributed by atoms with van der Waals surface area (Å²) in [6, 6.07) is 12.8. The molecule has 0 spiro atoms. The average Bonchev–Trinajstić information content (AvgIpc) is 2.16. The van der Waals surface area contributed by atoms with Crippen molar-refractivity contribution in [3.63, 3.8) is 0 Å². The number of hydrogen-bond donors (Lipinski definition) is 0. The molecule has 0 unspecified atom stereocenters. The first-order chi connectivity index (χ1) is 6.31. The van der Waals surface area contributed by atoms with Crippen LogP contribution in [0.3, 0.4) is 0 Å². The molecule has 2 rings (SSSR count). The van der Waals surface area contributed by atoms with Gasteiger partial charge < -0.3 is 0 Å². The van der Waals surface area contributed by atoms with Crippen LogP contribution in [0.1, 0.15) is 11.1 Å². The molecule has 0 aromatic heterocycles. The van der Waals surface area contributed by atoms with E-state index in [1.807, 2.05) is 6.08 Å². The van der Waals surface area contributed by atoms with Gasteiger partial charge in [0.15, 0.2) is 0 Å². The van der Waals surface area contributed by atoms with Crippen molar-refractivity contribution in [2.24, 2.45) is 0 Å². The van der Waals surface area contributed by atoms with Gasteiger partial charge in [0.2, 0.25) is 0 Å². The van der Waals surface area contributed by atoms with E-state index < -0.39 is 0 Å². The SMILES string of the molecule is C=Cc1cccc2cc(C)ccc12. The second-order valence-corrected chi connectivity index (χ2v) is 3.28. The highest BCUT2D eigenvalue weighted by Gasteiger charge is 1.96. The van der Waals surface area contributed by atoms with E-state index in [1.165, 1.54) is 21.9 Å². The summed E-state index contributed by atoms with van der Waals surface area (Å²) in [7, 11) is 0. The Morgan fingerprint density at radius 3 is 2.77 bits per heavy atom. The largest absolute Gasteiger partial charge is 0.0984 e. The molecule has 0 saturated carbocycles. The Morgan fingerprint density at radius 1 is 1.15 bits per heavy atom. The molecular formula is C13H12. The van der Waals surface area contributed by atoms with E-state index in [0.29, 0.717) is 0 Å². The predicted molar refractivity (Wildman–Crippen MR) is 58.8 cm³/mol. The summed E-state index contributed by atoms with van der Waals surface area (Å²) in [6.07, 6.45) is 1.90. The smallest absolute Gasteiger partial charge is 0.0111 e. The maximum absolute atomic E-state index is 3.80. The van der Waals surface area contributed by atoms with Gasteiger partial charge in [-0.3, -0.25) is 0 Å². The fourth-order valence-corrected chi connectivity index (χ4v) is 1.61. The highest BCUT2D eigenvalue weighted by Crippen LogP contribution is 2.20. The van der Waals surface area contributed by atoms with Crippen molar-refractivity contribution < 1.29 is 0 Å². The van der Waals surface area contributed by atoms with Gasteiger partial charge in [-0.15, -0.1) is 0 Å². The summed E-state index contributed by atoms with van der Waals surface area (Å²) < 4.78 is 0. The fraction of sp³-hybridized carbons (Fsp3) is 0.0769. The summed E-state index contributed by atoms with van der Waals surface area (Å²) in [5.41, 5.74) is 2.51. The minimum atomic E-state index is 1.21. The number of benzene rings is 2. The van der Waals surface area contributed by atoms with Crippen molar-refractivity contribution >= 4 is 16.8 Å². The topological polar surface area (TPSA) is 0 Å². The van der Waals surface area contributed by atoms with E-state index in [2.05, 4.69) is 49.9 Å². The Kier molecular flexibility index (Phi) is 1.90. The highest BCUT2D eigenvalue weighted by atomic mass is 14.0. The Bertz CT molecular complexity index is 453. The van der Waals surface area contributed by atoms with Gasteiger partial charge in [-0.05, 0) is 23.3 Å². The minimum Gasteiger partial charge on any atom is -0.0984 e. The molecule has 0 nitrogen and oxygen atoms in total. The molecule has 0 saturated heterocycles. The lowest BCUT2D eigenvalue weighted by atomic mass is 10.0. The predicted octanol–water partition coefficient (Wildman–Crippen LogP) is 3.79. The molecule has 0 atom stereocenters. The number of rotatable bonds is 1. The molecule has 2 aromatic rings. The third kappa shape index (κ3) is 1.35. The van der Waals surface area contributed by atoms with Crippen LogP contribution in [0.4, 0.5) is 0 Å². The summed E-state index contributed by atoms with van der Waals surface area (Å²) in [5, 5.41) is 2.57. The van der Waals surface area contributed by atoms with Crippen molar-refractivity contribution in [3.05, 3.63) is 54.1 Å². The van der Waals surface area contributed by atoms with Gasteiger partial charge >= 0.3 is 0 Å². The molecule has 0 fully saturated rings. The van der Waals surface area contributed by atoms with Crippen LogP contribution in [0.5, 0.6) is 0 Å². The molecule has 64 valence electrons. The molecule has 0 aliphatic carbocycles. The van der Waals surface area contributed by atoms with Crippen LogP contribution in [-0.4, -0.2) is 0 Å². The molecule has 0 N–H and O–H groups in total. The van der Waals surface area contributed by atoms with Crippen molar-refractivity contribution in [2.75, 3.05) is 0 Å². The highest BCUT2D eigenvalue weighted by molar-refractivity contribution is 5.90. The molecule has 0 heteroatoms. The Balaban J connectivity index is 2.84. The van der Waals surface area contributed by atoms with Crippen LogP contribution in [0.15, 0.2) is 43.0 Å². The summed E-state index contributed by atoms with van der Waals surface area (Å²) in [6.45, 7) is 5.91. The third-order valence-electron chi connectivity index (χ3n) is 2.29. The summed E-state index contributed by atoms with van der Waals surface area (Å²) in [4.78, 5) is 0. The van der Waals surface area contributed by atoms with Gasteiger partial charge in [-0.1, -0.05) is 54.6 Å². The first-order valence-electron chi connectivity index (χ1n) is 4.43. The van der Waals surface area contributed by atoms with Gasteiger partial charge in [0.1, 0.15) is 0 Å². The van der Waals surface area contributed by atoms with Crippen LogP contribution in [0.2, 0.25) is 0 Å². The zero-order chi connectivity index (χ0) is 9.26. The Hall–Kier alpha value is -1.56.